The van der Waals surface area contributed by atoms with E-state index in [0.29, 0.717) is 24.8 Å². The van der Waals surface area contributed by atoms with Crippen LogP contribution in [0.4, 0.5) is 0 Å². The first kappa shape index (κ1) is 18.5. The smallest absolute Gasteiger partial charge is 0.228 e. The highest BCUT2D eigenvalue weighted by molar-refractivity contribution is 5.89. The SMILES string of the molecule is CCCC(C)N1CC(C(=O)N2CC3CCC(N)C3C2)CC1=O.Cl. The van der Waals surface area contributed by atoms with Crippen molar-refractivity contribution in [3.05, 3.63) is 0 Å². The number of fused-ring (bicyclic) bond motifs is 1. The van der Waals surface area contributed by atoms with Gasteiger partial charge in [-0.1, -0.05) is 13.3 Å². The molecular weight excluding hydrogens is 314 g/mol. The molecule has 1 saturated carbocycles. The van der Waals surface area contributed by atoms with E-state index in [1.807, 2.05) is 9.80 Å². The molecule has 0 bridgehead atoms. The Kier molecular flexibility index (Phi) is 5.95. The number of amides is 2. The molecule has 2 heterocycles. The lowest BCUT2D eigenvalue weighted by atomic mass is 9.98. The Morgan fingerprint density at radius 1 is 1.30 bits per heavy atom. The summed E-state index contributed by atoms with van der Waals surface area (Å²) in [5.41, 5.74) is 6.15. The number of hydrogen-bond donors (Lipinski definition) is 1. The molecule has 0 aromatic rings. The van der Waals surface area contributed by atoms with Crippen molar-refractivity contribution < 1.29 is 9.59 Å². The van der Waals surface area contributed by atoms with Crippen molar-refractivity contribution in [2.75, 3.05) is 19.6 Å². The second-order valence-electron chi connectivity index (χ2n) is 7.49. The molecular formula is C17H30ClN3O2. The largest absolute Gasteiger partial charge is 0.342 e. The Morgan fingerprint density at radius 3 is 2.70 bits per heavy atom. The summed E-state index contributed by atoms with van der Waals surface area (Å²) in [5, 5.41) is 0. The summed E-state index contributed by atoms with van der Waals surface area (Å²) in [7, 11) is 0. The first-order chi connectivity index (χ1) is 10.5. The van der Waals surface area contributed by atoms with Crippen molar-refractivity contribution in [2.24, 2.45) is 23.5 Å². The number of likely N-dealkylation sites (tertiary alicyclic amines) is 2. The third-order valence-corrected chi connectivity index (χ3v) is 5.97. The number of carbonyl (C=O) groups excluding carboxylic acids is 2. The van der Waals surface area contributed by atoms with Gasteiger partial charge in [0, 0.05) is 38.1 Å². The minimum atomic E-state index is -0.137. The van der Waals surface area contributed by atoms with Gasteiger partial charge in [-0.25, -0.2) is 0 Å². The summed E-state index contributed by atoms with van der Waals surface area (Å²) in [6.45, 7) is 6.49. The number of rotatable bonds is 4. The van der Waals surface area contributed by atoms with Crippen LogP contribution in [0.25, 0.3) is 0 Å². The molecule has 23 heavy (non-hydrogen) atoms. The highest BCUT2D eigenvalue weighted by Gasteiger charge is 2.45. The van der Waals surface area contributed by atoms with Crippen molar-refractivity contribution in [1.82, 2.24) is 9.80 Å². The molecule has 5 nitrogen and oxygen atoms in total. The Bertz CT molecular complexity index is 459. The van der Waals surface area contributed by atoms with Gasteiger partial charge in [-0.3, -0.25) is 9.59 Å². The quantitative estimate of drug-likeness (QED) is 0.843. The molecule has 5 unspecified atom stereocenters. The number of halogens is 1. The molecule has 2 N–H and O–H groups in total. The summed E-state index contributed by atoms with van der Waals surface area (Å²) in [6.07, 6.45) is 4.72. The van der Waals surface area contributed by atoms with Gasteiger partial charge in [-0.15, -0.1) is 12.4 Å². The van der Waals surface area contributed by atoms with E-state index in [2.05, 4.69) is 13.8 Å². The lowest BCUT2D eigenvalue weighted by Gasteiger charge is -2.25. The van der Waals surface area contributed by atoms with E-state index in [1.54, 1.807) is 0 Å². The Labute approximate surface area is 145 Å². The molecule has 3 rings (SSSR count). The van der Waals surface area contributed by atoms with Crippen LogP contribution in [0.5, 0.6) is 0 Å². The van der Waals surface area contributed by atoms with E-state index >= 15 is 0 Å². The summed E-state index contributed by atoms with van der Waals surface area (Å²) >= 11 is 0. The average Bonchev–Trinajstić information content (AvgIpc) is 3.15. The zero-order valence-corrected chi connectivity index (χ0v) is 15.1. The van der Waals surface area contributed by atoms with Gasteiger partial charge in [0.25, 0.3) is 0 Å². The molecule has 3 fully saturated rings. The second kappa shape index (κ2) is 7.39. The van der Waals surface area contributed by atoms with Crippen LogP contribution < -0.4 is 5.73 Å². The van der Waals surface area contributed by atoms with Crippen LogP contribution in [0.15, 0.2) is 0 Å². The Morgan fingerprint density at radius 2 is 2.04 bits per heavy atom. The highest BCUT2D eigenvalue weighted by Crippen LogP contribution is 2.38. The standard InChI is InChI=1S/C17H29N3O2.ClH/c1-3-4-11(2)20-9-13(7-16(20)21)17(22)19-8-12-5-6-15(18)14(12)10-19;/h11-15H,3-10,18H2,1-2H3;1H. The third-order valence-electron chi connectivity index (χ3n) is 5.97. The zero-order valence-electron chi connectivity index (χ0n) is 14.2. The van der Waals surface area contributed by atoms with E-state index < -0.39 is 0 Å². The zero-order chi connectivity index (χ0) is 15.9. The highest BCUT2D eigenvalue weighted by atomic mass is 35.5. The molecule has 5 atom stereocenters. The monoisotopic (exact) mass is 343 g/mol. The van der Waals surface area contributed by atoms with E-state index in [1.165, 1.54) is 0 Å². The fourth-order valence-corrected chi connectivity index (χ4v) is 4.64. The van der Waals surface area contributed by atoms with Gasteiger partial charge >= 0.3 is 0 Å². The van der Waals surface area contributed by atoms with Crippen LogP contribution in [-0.4, -0.2) is 53.3 Å². The van der Waals surface area contributed by atoms with Crippen LogP contribution in [0.3, 0.4) is 0 Å². The molecule has 6 heteroatoms. The summed E-state index contributed by atoms with van der Waals surface area (Å²) < 4.78 is 0. The maximum Gasteiger partial charge on any atom is 0.228 e. The van der Waals surface area contributed by atoms with Gasteiger partial charge in [-0.2, -0.15) is 0 Å². The van der Waals surface area contributed by atoms with Gasteiger partial charge in [0.05, 0.1) is 5.92 Å². The van der Waals surface area contributed by atoms with E-state index in [0.717, 1.165) is 38.8 Å². The van der Waals surface area contributed by atoms with Crippen LogP contribution in [-0.2, 0) is 9.59 Å². The van der Waals surface area contributed by atoms with Crippen LogP contribution in [0.1, 0.15) is 46.0 Å². The summed E-state index contributed by atoms with van der Waals surface area (Å²) in [4.78, 5) is 28.9. The maximum absolute atomic E-state index is 12.8. The Balaban J connectivity index is 0.00000192. The van der Waals surface area contributed by atoms with Gasteiger partial charge in [0.1, 0.15) is 0 Å². The molecule has 2 saturated heterocycles. The fraction of sp³-hybridized carbons (Fsp3) is 0.882. The first-order valence-corrected chi connectivity index (χ1v) is 8.85. The van der Waals surface area contributed by atoms with E-state index in [-0.39, 0.29) is 42.2 Å². The van der Waals surface area contributed by atoms with Crippen molar-refractivity contribution >= 4 is 24.2 Å². The number of hydrogen-bond acceptors (Lipinski definition) is 3. The number of carbonyl (C=O) groups is 2. The second-order valence-corrected chi connectivity index (χ2v) is 7.49. The number of nitrogens with zero attached hydrogens (tertiary/aromatic N) is 2. The molecule has 0 spiro atoms. The van der Waals surface area contributed by atoms with Crippen LogP contribution in [0.2, 0.25) is 0 Å². The normalized spacial score (nSPS) is 34.5. The molecule has 132 valence electrons. The van der Waals surface area contributed by atoms with Crippen molar-refractivity contribution in [2.45, 2.75) is 58.0 Å². The van der Waals surface area contributed by atoms with Crippen molar-refractivity contribution in [3.63, 3.8) is 0 Å². The molecule has 0 aromatic carbocycles. The molecule has 0 aromatic heterocycles. The lowest BCUT2D eigenvalue weighted by molar-refractivity contribution is -0.135. The molecule has 0 radical (unpaired) electrons. The summed E-state index contributed by atoms with van der Waals surface area (Å²) in [6, 6.07) is 0.510. The minimum Gasteiger partial charge on any atom is -0.342 e. The van der Waals surface area contributed by atoms with Crippen molar-refractivity contribution in [1.29, 1.82) is 0 Å². The molecule has 3 aliphatic rings. The van der Waals surface area contributed by atoms with Crippen LogP contribution >= 0.6 is 12.4 Å². The molecule has 2 amide bonds. The lowest BCUT2D eigenvalue weighted by Crippen LogP contribution is -2.39. The van der Waals surface area contributed by atoms with E-state index in [4.69, 9.17) is 5.73 Å². The molecule has 2 aliphatic heterocycles. The third kappa shape index (κ3) is 3.50. The van der Waals surface area contributed by atoms with Crippen molar-refractivity contribution in [3.8, 4) is 0 Å². The topological polar surface area (TPSA) is 66.6 Å². The first-order valence-electron chi connectivity index (χ1n) is 8.85. The Hall–Kier alpha value is -0.810. The summed E-state index contributed by atoms with van der Waals surface area (Å²) in [5.74, 6) is 1.26. The van der Waals surface area contributed by atoms with Gasteiger partial charge in [0.15, 0.2) is 0 Å². The maximum atomic E-state index is 12.8. The van der Waals surface area contributed by atoms with E-state index in [9.17, 15) is 9.59 Å². The van der Waals surface area contributed by atoms with Gasteiger partial charge < -0.3 is 15.5 Å². The van der Waals surface area contributed by atoms with Gasteiger partial charge in [-0.05, 0) is 38.0 Å². The van der Waals surface area contributed by atoms with Gasteiger partial charge in [0.2, 0.25) is 11.8 Å². The van der Waals surface area contributed by atoms with Crippen LogP contribution in [0, 0.1) is 17.8 Å². The predicted molar refractivity (Wildman–Crippen MR) is 92.2 cm³/mol. The number of nitrogens with two attached hydrogens (primary N) is 1. The average molecular weight is 344 g/mol. The predicted octanol–water partition coefficient (Wildman–Crippen LogP) is 1.64. The molecule has 1 aliphatic carbocycles. The minimum absolute atomic E-state index is 0. The fourth-order valence-electron chi connectivity index (χ4n) is 4.64.